The maximum Gasteiger partial charge on any atom is 0.167 e. The van der Waals surface area contributed by atoms with Crippen molar-refractivity contribution in [2.45, 2.75) is 24.5 Å². The molecule has 2 aromatic rings. The van der Waals surface area contributed by atoms with Gasteiger partial charge in [-0.05, 0) is 0 Å². The van der Waals surface area contributed by atoms with E-state index in [-0.39, 0.29) is 12.4 Å². The monoisotopic (exact) mass is 267 g/mol. The van der Waals surface area contributed by atoms with Crippen LogP contribution in [0, 0.1) is 0 Å². The first-order chi connectivity index (χ1) is 9.09. The molecule has 9 heteroatoms. The Labute approximate surface area is 107 Å². The van der Waals surface area contributed by atoms with Crippen molar-refractivity contribution in [3.05, 3.63) is 12.7 Å². The topological polar surface area (TPSA) is 140 Å². The van der Waals surface area contributed by atoms with Crippen LogP contribution in [-0.4, -0.2) is 59.8 Å². The highest BCUT2D eigenvalue weighted by Gasteiger charge is 2.39. The number of anilines is 1. The van der Waals surface area contributed by atoms with Gasteiger partial charge in [-0.25, -0.2) is 15.0 Å². The predicted octanol–water partition coefficient (Wildman–Crippen LogP) is -1.98. The molecule has 1 fully saturated rings. The standard InChI is InChI=1S/C10H13N5O4/c11-8-5-9(13-2-12-8)15(3-14-5)10-7(18)6(17)4(16)1-19-10/h2-4,6-7,10,16-18H,1H2,(H2,11,12,13)/t4-,6-,7-,10-/m1/s1. The average molecular weight is 267 g/mol. The summed E-state index contributed by atoms with van der Waals surface area (Å²) in [5.74, 6) is 0.217. The predicted molar refractivity (Wildman–Crippen MR) is 62.7 cm³/mol. The second kappa shape index (κ2) is 4.38. The Balaban J connectivity index is 2.03. The SMILES string of the molecule is Nc1ncnc2c1ncn2[C@@H]1OC[C@@H](O)[C@@H](O)[C@H]1O. The summed E-state index contributed by atoms with van der Waals surface area (Å²) in [5.41, 5.74) is 6.44. The van der Waals surface area contributed by atoms with E-state index in [1.54, 1.807) is 0 Å². The first-order valence-corrected chi connectivity index (χ1v) is 5.68. The molecule has 0 amide bonds. The van der Waals surface area contributed by atoms with Gasteiger partial charge >= 0.3 is 0 Å². The van der Waals surface area contributed by atoms with Crippen LogP contribution >= 0.6 is 0 Å². The Bertz CT molecular complexity index is 603. The van der Waals surface area contributed by atoms with Crippen LogP contribution in [0.3, 0.4) is 0 Å². The molecule has 0 spiro atoms. The minimum atomic E-state index is -1.30. The van der Waals surface area contributed by atoms with Gasteiger partial charge in [-0.15, -0.1) is 0 Å². The lowest BCUT2D eigenvalue weighted by Crippen LogP contribution is -2.50. The number of fused-ring (bicyclic) bond motifs is 1. The van der Waals surface area contributed by atoms with E-state index in [0.29, 0.717) is 11.2 Å². The zero-order valence-corrected chi connectivity index (χ0v) is 9.79. The molecule has 2 aromatic heterocycles. The van der Waals surface area contributed by atoms with Crippen molar-refractivity contribution >= 4 is 17.0 Å². The molecular formula is C10H13N5O4. The van der Waals surface area contributed by atoms with Crippen molar-refractivity contribution in [3.8, 4) is 0 Å². The van der Waals surface area contributed by atoms with Gasteiger partial charge in [0.2, 0.25) is 0 Å². The van der Waals surface area contributed by atoms with Gasteiger partial charge in [0, 0.05) is 0 Å². The summed E-state index contributed by atoms with van der Waals surface area (Å²) in [6.45, 7) is -0.0941. The van der Waals surface area contributed by atoms with Crippen LogP contribution in [0.1, 0.15) is 6.23 Å². The Hall–Kier alpha value is -1.81. The molecule has 3 heterocycles. The van der Waals surface area contributed by atoms with Gasteiger partial charge in [0.15, 0.2) is 17.7 Å². The van der Waals surface area contributed by atoms with Gasteiger partial charge in [0.25, 0.3) is 0 Å². The average Bonchev–Trinajstić information content (AvgIpc) is 2.82. The van der Waals surface area contributed by atoms with E-state index in [1.165, 1.54) is 17.2 Å². The second-order valence-electron chi connectivity index (χ2n) is 4.36. The minimum Gasteiger partial charge on any atom is -0.388 e. The van der Waals surface area contributed by atoms with Crippen LogP contribution in [0.2, 0.25) is 0 Å². The zero-order chi connectivity index (χ0) is 13.6. The van der Waals surface area contributed by atoms with Crippen molar-refractivity contribution in [3.63, 3.8) is 0 Å². The van der Waals surface area contributed by atoms with E-state index >= 15 is 0 Å². The largest absolute Gasteiger partial charge is 0.388 e. The summed E-state index contributed by atoms with van der Waals surface area (Å²) in [5, 5.41) is 29.0. The number of hydrogen-bond acceptors (Lipinski definition) is 8. The van der Waals surface area contributed by atoms with Gasteiger partial charge in [-0.1, -0.05) is 0 Å². The molecule has 0 radical (unpaired) electrons. The molecule has 0 unspecified atom stereocenters. The quantitative estimate of drug-likeness (QED) is 0.466. The van der Waals surface area contributed by atoms with E-state index in [4.69, 9.17) is 10.5 Å². The number of ether oxygens (including phenoxy) is 1. The van der Waals surface area contributed by atoms with Crippen LogP contribution in [0.5, 0.6) is 0 Å². The molecule has 1 aliphatic heterocycles. The number of rotatable bonds is 1. The first-order valence-electron chi connectivity index (χ1n) is 5.68. The molecular weight excluding hydrogens is 254 g/mol. The number of nitrogen functional groups attached to an aromatic ring is 1. The van der Waals surface area contributed by atoms with Crippen molar-refractivity contribution in [1.82, 2.24) is 19.5 Å². The van der Waals surface area contributed by atoms with Crippen LogP contribution in [0.4, 0.5) is 5.82 Å². The van der Waals surface area contributed by atoms with Gasteiger partial charge in [0.1, 0.15) is 30.2 Å². The van der Waals surface area contributed by atoms with Crippen LogP contribution < -0.4 is 5.73 Å². The number of imidazole rings is 1. The van der Waals surface area contributed by atoms with Crippen molar-refractivity contribution in [2.75, 3.05) is 12.3 Å². The van der Waals surface area contributed by atoms with Gasteiger partial charge in [-0.3, -0.25) is 4.57 Å². The van der Waals surface area contributed by atoms with E-state index < -0.39 is 24.5 Å². The normalized spacial score (nSPS) is 31.7. The molecule has 0 bridgehead atoms. The zero-order valence-electron chi connectivity index (χ0n) is 9.79. The lowest BCUT2D eigenvalue weighted by Gasteiger charge is -2.35. The Morgan fingerprint density at radius 3 is 2.79 bits per heavy atom. The molecule has 102 valence electrons. The molecule has 3 rings (SSSR count). The summed E-state index contributed by atoms with van der Waals surface area (Å²) in [6.07, 6.45) is -1.93. The fraction of sp³-hybridized carbons (Fsp3) is 0.500. The van der Waals surface area contributed by atoms with Crippen molar-refractivity contribution in [2.24, 2.45) is 0 Å². The first kappa shape index (κ1) is 12.2. The summed E-state index contributed by atoms with van der Waals surface area (Å²) < 4.78 is 6.78. The number of nitrogens with two attached hydrogens (primary N) is 1. The summed E-state index contributed by atoms with van der Waals surface area (Å²) in [6, 6.07) is 0. The van der Waals surface area contributed by atoms with Gasteiger partial charge in [0.05, 0.1) is 12.9 Å². The summed E-state index contributed by atoms with van der Waals surface area (Å²) >= 11 is 0. The number of aliphatic hydroxyl groups is 3. The minimum absolute atomic E-state index is 0.0941. The molecule has 1 saturated heterocycles. The Morgan fingerprint density at radius 1 is 1.21 bits per heavy atom. The number of aliphatic hydroxyl groups excluding tert-OH is 3. The van der Waals surface area contributed by atoms with Crippen LogP contribution in [0.15, 0.2) is 12.7 Å². The fourth-order valence-corrected chi connectivity index (χ4v) is 2.09. The lowest BCUT2D eigenvalue weighted by atomic mass is 10.0. The van der Waals surface area contributed by atoms with Crippen LogP contribution in [-0.2, 0) is 4.74 Å². The number of aromatic nitrogens is 4. The lowest BCUT2D eigenvalue weighted by molar-refractivity contribution is -0.210. The van der Waals surface area contributed by atoms with E-state index in [9.17, 15) is 15.3 Å². The summed E-state index contributed by atoms with van der Waals surface area (Å²) in [4.78, 5) is 11.9. The third-order valence-corrected chi connectivity index (χ3v) is 3.14. The maximum atomic E-state index is 9.95. The van der Waals surface area contributed by atoms with E-state index in [1.807, 2.05) is 0 Å². The fourth-order valence-electron chi connectivity index (χ4n) is 2.09. The van der Waals surface area contributed by atoms with Crippen molar-refractivity contribution < 1.29 is 20.1 Å². The van der Waals surface area contributed by atoms with E-state index in [2.05, 4.69) is 15.0 Å². The third kappa shape index (κ3) is 1.83. The van der Waals surface area contributed by atoms with E-state index in [0.717, 1.165) is 0 Å². The maximum absolute atomic E-state index is 9.95. The Morgan fingerprint density at radius 2 is 2.00 bits per heavy atom. The molecule has 19 heavy (non-hydrogen) atoms. The Kier molecular flexibility index (Phi) is 2.82. The molecule has 9 nitrogen and oxygen atoms in total. The molecule has 0 saturated carbocycles. The number of hydrogen-bond donors (Lipinski definition) is 4. The third-order valence-electron chi connectivity index (χ3n) is 3.14. The highest BCUT2D eigenvalue weighted by Crippen LogP contribution is 2.27. The highest BCUT2D eigenvalue weighted by molar-refractivity contribution is 5.81. The molecule has 0 aromatic carbocycles. The second-order valence-corrected chi connectivity index (χ2v) is 4.36. The summed E-state index contributed by atoms with van der Waals surface area (Å²) in [7, 11) is 0. The van der Waals surface area contributed by atoms with Crippen molar-refractivity contribution in [1.29, 1.82) is 0 Å². The highest BCUT2D eigenvalue weighted by atomic mass is 16.5. The molecule has 4 atom stereocenters. The smallest absolute Gasteiger partial charge is 0.167 e. The van der Waals surface area contributed by atoms with Gasteiger partial charge in [-0.2, -0.15) is 0 Å². The molecule has 1 aliphatic rings. The molecule has 0 aliphatic carbocycles. The van der Waals surface area contributed by atoms with Gasteiger partial charge < -0.3 is 25.8 Å². The number of nitrogens with zero attached hydrogens (tertiary/aromatic N) is 4. The molecule has 5 N–H and O–H groups in total. The van der Waals surface area contributed by atoms with Crippen LogP contribution in [0.25, 0.3) is 11.2 Å².